The van der Waals surface area contributed by atoms with Crippen molar-refractivity contribution in [3.63, 3.8) is 0 Å². The molecule has 0 aromatic heterocycles. The van der Waals surface area contributed by atoms with Crippen LogP contribution in [0.5, 0.6) is 0 Å². The third-order valence-electron chi connectivity index (χ3n) is 3.90. The van der Waals surface area contributed by atoms with Crippen LogP contribution in [0.25, 0.3) is 0 Å². The molecule has 3 N–H and O–H groups in total. The topological polar surface area (TPSA) is 68.8 Å². The molecule has 0 saturated carbocycles. The minimum Gasteiger partial charge on any atom is -0.357 e. The number of amides is 1. The monoisotopic (exact) mass is 339 g/mol. The molecule has 2 atom stereocenters. The summed E-state index contributed by atoms with van der Waals surface area (Å²) in [5.41, 5.74) is -0.222. The van der Waals surface area contributed by atoms with E-state index >= 15 is 0 Å². The van der Waals surface area contributed by atoms with Crippen LogP contribution in [0.2, 0.25) is 0 Å². The molecule has 6 nitrogen and oxygen atoms in total. The number of hydrogen-bond acceptors (Lipinski definition) is 3. The summed E-state index contributed by atoms with van der Waals surface area (Å²) in [6, 6.07) is 0. The Hall–Kier alpha value is -1.30. The molecule has 1 rings (SSSR count). The Morgan fingerprint density at radius 2 is 1.79 bits per heavy atom. The van der Waals surface area contributed by atoms with E-state index in [1.165, 1.54) is 19.5 Å². The van der Waals surface area contributed by atoms with Crippen molar-refractivity contribution in [3.8, 4) is 0 Å². The van der Waals surface area contributed by atoms with Gasteiger partial charge in [0.15, 0.2) is 5.96 Å². The largest absolute Gasteiger partial charge is 0.357 e. The van der Waals surface area contributed by atoms with Gasteiger partial charge >= 0.3 is 0 Å². The molecular formula is C18H37N5O. The first-order valence-electron chi connectivity index (χ1n) is 9.25. The van der Waals surface area contributed by atoms with Gasteiger partial charge in [-0.25, -0.2) is 4.99 Å². The second-order valence-electron chi connectivity index (χ2n) is 8.13. The van der Waals surface area contributed by atoms with E-state index in [1.807, 2.05) is 27.7 Å². The van der Waals surface area contributed by atoms with Crippen molar-refractivity contribution in [2.45, 2.75) is 53.5 Å². The average molecular weight is 340 g/mol. The number of nitrogens with zero attached hydrogens (tertiary/aromatic N) is 2. The molecule has 0 aliphatic carbocycles. The fraction of sp³-hybridized carbons (Fsp3) is 0.889. The number of rotatable bonds is 6. The maximum absolute atomic E-state index is 11.9. The number of hydrogen-bond donors (Lipinski definition) is 3. The summed E-state index contributed by atoms with van der Waals surface area (Å²) >= 11 is 0. The first-order valence-corrected chi connectivity index (χ1v) is 9.25. The number of aliphatic imine (C=N–C) groups is 1. The zero-order chi connectivity index (χ0) is 18.2. The number of carbonyl (C=O) groups is 1. The molecule has 1 fully saturated rings. The Balaban J connectivity index is 2.39. The van der Waals surface area contributed by atoms with Gasteiger partial charge in [0.2, 0.25) is 5.91 Å². The molecule has 0 spiro atoms. The molecule has 1 aliphatic heterocycles. The van der Waals surface area contributed by atoms with E-state index < -0.39 is 0 Å². The lowest BCUT2D eigenvalue weighted by Crippen LogP contribution is -2.46. The first-order chi connectivity index (χ1) is 11.2. The van der Waals surface area contributed by atoms with Crippen LogP contribution in [0.4, 0.5) is 0 Å². The Bertz CT molecular complexity index is 406. The summed E-state index contributed by atoms with van der Waals surface area (Å²) < 4.78 is 0. The second-order valence-corrected chi connectivity index (χ2v) is 8.13. The number of guanidine groups is 1. The molecule has 1 saturated heterocycles. The van der Waals surface area contributed by atoms with E-state index in [0.29, 0.717) is 5.96 Å². The van der Waals surface area contributed by atoms with Gasteiger partial charge in [-0.1, -0.05) is 13.8 Å². The summed E-state index contributed by atoms with van der Waals surface area (Å²) in [5.74, 6) is 2.20. The van der Waals surface area contributed by atoms with Crippen LogP contribution in [0, 0.1) is 11.8 Å². The van der Waals surface area contributed by atoms with Crippen molar-refractivity contribution in [1.29, 1.82) is 0 Å². The van der Waals surface area contributed by atoms with Crippen LogP contribution < -0.4 is 16.0 Å². The molecule has 1 aliphatic rings. The number of carbonyl (C=O) groups excluding carboxylic acids is 1. The van der Waals surface area contributed by atoms with Crippen LogP contribution in [0.15, 0.2) is 4.99 Å². The van der Waals surface area contributed by atoms with Gasteiger partial charge in [0.1, 0.15) is 6.54 Å². The Kier molecular flexibility index (Phi) is 8.53. The van der Waals surface area contributed by atoms with Crippen LogP contribution in [-0.4, -0.2) is 61.6 Å². The Morgan fingerprint density at radius 3 is 2.33 bits per heavy atom. The summed E-state index contributed by atoms with van der Waals surface area (Å²) in [4.78, 5) is 18.8. The van der Waals surface area contributed by atoms with E-state index in [9.17, 15) is 4.79 Å². The quantitative estimate of drug-likeness (QED) is 0.506. The fourth-order valence-electron chi connectivity index (χ4n) is 3.26. The van der Waals surface area contributed by atoms with E-state index in [1.54, 1.807) is 0 Å². The maximum atomic E-state index is 11.9. The predicted molar refractivity (Wildman–Crippen MR) is 101 cm³/mol. The summed E-state index contributed by atoms with van der Waals surface area (Å²) in [6.07, 6.45) is 1.33. The SMILES string of the molecule is CCNC(=NCC(=O)NC(C)(C)C)NCCN1CC(C)CC(C)C1. The standard InChI is InChI=1S/C18H37N5O/c1-7-19-17(21-11-16(24)22-18(4,5)6)20-8-9-23-12-14(2)10-15(3)13-23/h14-15H,7-13H2,1-6H3,(H,22,24)(H2,19,20,21). The van der Waals surface area contributed by atoms with Crippen LogP contribution in [0.1, 0.15) is 48.0 Å². The molecule has 6 heteroatoms. The van der Waals surface area contributed by atoms with E-state index in [4.69, 9.17) is 0 Å². The molecule has 0 aromatic carbocycles. The predicted octanol–water partition coefficient (Wildman–Crippen LogP) is 1.43. The van der Waals surface area contributed by atoms with Gasteiger partial charge in [-0.2, -0.15) is 0 Å². The number of likely N-dealkylation sites (tertiary alicyclic amines) is 1. The zero-order valence-electron chi connectivity index (χ0n) is 16.4. The van der Waals surface area contributed by atoms with Crippen molar-refractivity contribution >= 4 is 11.9 Å². The van der Waals surface area contributed by atoms with Crippen LogP contribution >= 0.6 is 0 Å². The van der Waals surface area contributed by atoms with Gasteiger partial charge in [0, 0.05) is 38.3 Å². The molecule has 24 heavy (non-hydrogen) atoms. The average Bonchev–Trinajstić information content (AvgIpc) is 2.42. The van der Waals surface area contributed by atoms with Gasteiger partial charge in [-0.15, -0.1) is 0 Å². The fourth-order valence-corrected chi connectivity index (χ4v) is 3.26. The molecule has 0 bridgehead atoms. The van der Waals surface area contributed by atoms with Gasteiger partial charge in [-0.3, -0.25) is 4.79 Å². The maximum Gasteiger partial charge on any atom is 0.242 e. The van der Waals surface area contributed by atoms with Crippen molar-refractivity contribution in [3.05, 3.63) is 0 Å². The highest BCUT2D eigenvalue weighted by atomic mass is 16.2. The lowest BCUT2D eigenvalue weighted by Gasteiger charge is -2.35. The van der Waals surface area contributed by atoms with Crippen molar-refractivity contribution in [2.75, 3.05) is 39.3 Å². The summed E-state index contributed by atoms with van der Waals surface area (Å²) in [5, 5.41) is 9.45. The highest BCUT2D eigenvalue weighted by Crippen LogP contribution is 2.20. The van der Waals surface area contributed by atoms with Gasteiger partial charge < -0.3 is 20.9 Å². The normalized spacial score (nSPS) is 23.0. The Morgan fingerprint density at radius 1 is 1.17 bits per heavy atom. The van der Waals surface area contributed by atoms with Gasteiger partial charge in [0.05, 0.1) is 0 Å². The molecule has 1 amide bonds. The number of piperidine rings is 1. The molecule has 0 radical (unpaired) electrons. The van der Waals surface area contributed by atoms with E-state index in [-0.39, 0.29) is 18.0 Å². The molecule has 140 valence electrons. The van der Waals surface area contributed by atoms with E-state index in [2.05, 4.69) is 39.7 Å². The lowest BCUT2D eigenvalue weighted by atomic mass is 9.92. The first kappa shape index (κ1) is 20.7. The van der Waals surface area contributed by atoms with Crippen molar-refractivity contribution in [1.82, 2.24) is 20.9 Å². The van der Waals surface area contributed by atoms with Gasteiger partial charge in [0.25, 0.3) is 0 Å². The zero-order valence-corrected chi connectivity index (χ0v) is 16.4. The summed E-state index contributed by atoms with van der Waals surface area (Å²) in [6.45, 7) is 17.7. The molecule has 1 heterocycles. The minimum atomic E-state index is -0.222. The summed E-state index contributed by atoms with van der Waals surface area (Å²) in [7, 11) is 0. The third kappa shape index (κ3) is 9.11. The van der Waals surface area contributed by atoms with Gasteiger partial charge in [-0.05, 0) is 46.0 Å². The van der Waals surface area contributed by atoms with Crippen molar-refractivity contribution in [2.24, 2.45) is 16.8 Å². The molecule has 0 aromatic rings. The van der Waals surface area contributed by atoms with Crippen molar-refractivity contribution < 1.29 is 4.79 Å². The van der Waals surface area contributed by atoms with Crippen LogP contribution in [-0.2, 0) is 4.79 Å². The molecular weight excluding hydrogens is 302 g/mol. The molecule has 2 unspecified atom stereocenters. The lowest BCUT2D eigenvalue weighted by molar-refractivity contribution is -0.121. The minimum absolute atomic E-state index is 0.0571. The smallest absolute Gasteiger partial charge is 0.242 e. The second kappa shape index (κ2) is 9.87. The highest BCUT2D eigenvalue weighted by Gasteiger charge is 2.21. The number of nitrogens with one attached hydrogen (secondary N) is 3. The van der Waals surface area contributed by atoms with E-state index in [0.717, 1.165) is 31.5 Å². The Labute approximate surface area is 147 Å². The highest BCUT2D eigenvalue weighted by molar-refractivity contribution is 5.85. The third-order valence-corrected chi connectivity index (χ3v) is 3.90. The van der Waals surface area contributed by atoms with Crippen LogP contribution in [0.3, 0.4) is 0 Å².